The van der Waals surface area contributed by atoms with Crippen LogP contribution in [0.3, 0.4) is 0 Å². The predicted molar refractivity (Wildman–Crippen MR) is 148 cm³/mol. The summed E-state index contributed by atoms with van der Waals surface area (Å²) in [6, 6.07) is 18.5. The first-order valence-corrected chi connectivity index (χ1v) is 13.2. The van der Waals surface area contributed by atoms with Gasteiger partial charge in [0.1, 0.15) is 11.3 Å². The van der Waals surface area contributed by atoms with Crippen molar-refractivity contribution in [2.45, 2.75) is 38.1 Å². The van der Waals surface area contributed by atoms with Crippen LogP contribution in [0.1, 0.15) is 31.2 Å². The summed E-state index contributed by atoms with van der Waals surface area (Å²) in [5, 5.41) is 3.70. The highest BCUT2D eigenvalue weighted by Gasteiger charge is 2.56. The molecule has 1 aromatic heterocycles. The van der Waals surface area contributed by atoms with Gasteiger partial charge < -0.3 is 9.64 Å². The SMILES string of the molecule is Cc1cc(Oc2ccccc2)nc2cc(N(C3(CN4CCC4)CCC3)[N+]34C=CN=CC3=CN=C4)ccc12. The van der Waals surface area contributed by atoms with Gasteiger partial charge in [0.15, 0.2) is 6.20 Å². The van der Waals surface area contributed by atoms with E-state index in [0.29, 0.717) is 10.5 Å². The van der Waals surface area contributed by atoms with Crippen molar-refractivity contribution in [1.29, 1.82) is 0 Å². The van der Waals surface area contributed by atoms with Crippen LogP contribution in [0.4, 0.5) is 5.69 Å². The van der Waals surface area contributed by atoms with Crippen LogP contribution in [-0.4, -0.2) is 52.2 Å². The van der Waals surface area contributed by atoms with Crippen LogP contribution in [0.5, 0.6) is 11.6 Å². The summed E-state index contributed by atoms with van der Waals surface area (Å²) < 4.78 is 6.56. The van der Waals surface area contributed by atoms with Crippen molar-refractivity contribution in [3.63, 3.8) is 0 Å². The number of nitrogens with zero attached hydrogens (tertiary/aromatic N) is 6. The number of pyridine rings is 1. The Morgan fingerprint density at radius 1 is 1.03 bits per heavy atom. The van der Waals surface area contributed by atoms with Crippen LogP contribution >= 0.6 is 0 Å². The lowest BCUT2D eigenvalue weighted by molar-refractivity contribution is -0.751. The van der Waals surface area contributed by atoms with E-state index in [-0.39, 0.29) is 5.54 Å². The van der Waals surface area contributed by atoms with Gasteiger partial charge in [-0.05, 0) is 75.5 Å². The molecule has 7 nitrogen and oxygen atoms in total. The Bertz CT molecular complexity index is 1470. The number of rotatable bonds is 7. The van der Waals surface area contributed by atoms with E-state index in [2.05, 4.69) is 51.2 Å². The zero-order valence-corrected chi connectivity index (χ0v) is 21.1. The molecule has 186 valence electrons. The Morgan fingerprint density at radius 3 is 2.65 bits per heavy atom. The molecule has 2 fully saturated rings. The van der Waals surface area contributed by atoms with Crippen molar-refractivity contribution in [2.75, 3.05) is 24.6 Å². The van der Waals surface area contributed by atoms with E-state index in [4.69, 9.17) is 9.72 Å². The van der Waals surface area contributed by atoms with Gasteiger partial charge in [-0.1, -0.05) is 24.3 Å². The van der Waals surface area contributed by atoms with Crippen molar-refractivity contribution >= 4 is 29.1 Å². The average molecular weight is 492 g/mol. The maximum absolute atomic E-state index is 6.13. The molecule has 1 saturated heterocycles. The molecule has 0 radical (unpaired) electrons. The molecule has 4 aliphatic rings. The summed E-state index contributed by atoms with van der Waals surface area (Å²) in [7, 11) is 0. The van der Waals surface area contributed by atoms with E-state index < -0.39 is 0 Å². The number of aryl methyl sites for hydroxylation is 1. The summed E-state index contributed by atoms with van der Waals surface area (Å²) in [4.78, 5) is 16.6. The Labute approximate surface area is 217 Å². The molecule has 4 heterocycles. The lowest BCUT2D eigenvalue weighted by atomic mass is 9.74. The number of fused-ring (bicyclic) bond motifs is 2. The minimum atomic E-state index is 0.00621. The highest BCUT2D eigenvalue weighted by Crippen LogP contribution is 2.47. The van der Waals surface area contributed by atoms with Crippen molar-refractivity contribution in [3.05, 3.63) is 84.5 Å². The van der Waals surface area contributed by atoms with Crippen LogP contribution in [0, 0.1) is 6.92 Å². The second-order valence-corrected chi connectivity index (χ2v) is 10.5. The molecule has 0 amide bonds. The summed E-state index contributed by atoms with van der Waals surface area (Å²) >= 11 is 0. The van der Waals surface area contributed by atoms with Crippen LogP contribution in [-0.2, 0) is 0 Å². The number of hydrogen-bond acceptors (Lipinski definition) is 6. The van der Waals surface area contributed by atoms with Gasteiger partial charge in [0.2, 0.25) is 17.9 Å². The molecule has 1 atom stereocenters. The lowest BCUT2D eigenvalue weighted by Gasteiger charge is -2.57. The summed E-state index contributed by atoms with van der Waals surface area (Å²) in [5.41, 5.74) is 4.28. The molecule has 1 aliphatic carbocycles. The smallest absolute Gasteiger partial charge is 0.225 e. The molecule has 2 aromatic carbocycles. The maximum atomic E-state index is 6.13. The Morgan fingerprint density at radius 2 is 1.89 bits per heavy atom. The van der Waals surface area contributed by atoms with Crippen molar-refractivity contribution < 1.29 is 9.33 Å². The van der Waals surface area contributed by atoms with Crippen LogP contribution in [0.2, 0.25) is 0 Å². The fourth-order valence-corrected chi connectivity index (χ4v) is 6.06. The molecular formula is C30H31N6O+. The first kappa shape index (κ1) is 22.4. The third-order valence-electron chi connectivity index (χ3n) is 8.17. The van der Waals surface area contributed by atoms with Gasteiger partial charge >= 0.3 is 0 Å². The summed E-state index contributed by atoms with van der Waals surface area (Å²) in [6.07, 6.45) is 14.8. The highest BCUT2D eigenvalue weighted by atomic mass is 16.5. The number of para-hydroxylation sites is 1. The molecule has 3 aliphatic heterocycles. The normalized spacial score (nSPS) is 23.3. The number of aromatic nitrogens is 1. The minimum absolute atomic E-state index is 0.00621. The van der Waals surface area contributed by atoms with Crippen molar-refractivity contribution in [1.82, 2.24) is 9.88 Å². The van der Waals surface area contributed by atoms with E-state index in [0.717, 1.165) is 53.0 Å². The molecule has 7 rings (SSSR count). The quantitative estimate of drug-likeness (QED) is 0.384. The third kappa shape index (κ3) is 3.69. The van der Waals surface area contributed by atoms with E-state index in [1.165, 1.54) is 25.9 Å². The van der Waals surface area contributed by atoms with Gasteiger partial charge in [-0.2, -0.15) is 0 Å². The monoisotopic (exact) mass is 491 g/mol. The fourth-order valence-electron chi connectivity index (χ4n) is 6.06. The fraction of sp³-hybridized carbons (Fsp3) is 0.300. The second kappa shape index (κ2) is 8.64. The highest BCUT2D eigenvalue weighted by molar-refractivity contribution is 5.87. The molecule has 0 N–H and O–H groups in total. The van der Waals surface area contributed by atoms with E-state index in [1.807, 2.05) is 61.4 Å². The topological polar surface area (TPSA) is 53.3 Å². The molecule has 7 heteroatoms. The van der Waals surface area contributed by atoms with E-state index in [9.17, 15) is 0 Å². The Hall–Kier alpha value is -3.81. The maximum Gasteiger partial charge on any atom is 0.225 e. The molecule has 1 unspecified atom stereocenters. The van der Waals surface area contributed by atoms with Gasteiger partial charge in [0, 0.05) is 18.0 Å². The number of anilines is 1. The third-order valence-corrected chi connectivity index (χ3v) is 8.17. The minimum Gasteiger partial charge on any atom is -0.439 e. The Balaban J connectivity index is 1.35. The van der Waals surface area contributed by atoms with Crippen molar-refractivity contribution in [3.8, 4) is 11.6 Å². The van der Waals surface area contributed by atoms with Gasteiger partial charge in [-0.3, -0.25) is 4.99 Å². The first-order valence-electron chi connectivity index (χ1n) is 13.2. The van der Waals surface area contributed by atoms with Crippen LogP contribution < -0.4 is 9.75 Å². The number of likely N-dealkylation sites (tertiary alicyclic amines) is 1. The summed E-state index contributed by atoms with van der Waals surface area (Å²) in [5.74, 6) is 1.40. The van der Waals surface area contributed by atoms with Crippen LogP contribution in [0.15, 0.2) is 88.9 Å². The number of allylic oxidation sites excluding steroid dienone is 1. The number of benzene rings is 2. The van der Waals surface area contributed by atoms with Gasteiger partial charge in [0.05, 0.1) is 29.8 Å². The molecule has 0 bridgehead atoms. The second-order valence-electron chi connectivity index (χ2n) is 10.5. The number of hydrogen-bond donors (Lipinski definition) is 0. The molecular weight excluding hydrogens is 460 g/mol. The number of aliphatic imine (C=N–C) groups is 2. The zero-order valence-electron chi connectivity index (χ0n) is 21.1. The average Bonchev–Trinajstić information content (AvgIpc) is 3.29. The first-order chi connectivity index (χ1) is 18.2. The predicted octanol–water partition coefficient (Wildman–Crippen LogP) is 5.94. The number of ether oxygens (including phenoxy) is 1. The van der Waals surface area contributed by atoms with Gasteiger partial charge in [0.25, 0.3) is 0 Å². The standard InChI is InChI=1S/C30H31N6O/c1-23-17-29(37-26-7-3-2-4-8-26)33-28-18-24(9-10-27(23)28)35(30(11-5-12-30)21-34-14-6-15-34)36-16-13-31-19-25(36)20-32-22-36/h2-4,7-10,13,16-20,22H,5-6,11-12,14-15,21H2,1H3/q+1. The molecule has 3 aromatic rings. The molecule has 1 saturated carbocycles. The summed E-state index contributed by atoms with van der Waals surface area (Å²) in [6.45, 7) is 5.54. The lowest BCUT2D eigenvalue weighted by Crippen LogP contribution is -2.71. The number of quaternary nitrogens is 1. The molecule has 37 heavy (non-hydrogen) atoms. The van der Waals surface area contributed by atoms with Crippen molar-refractivity contribution in [2.24, 2.45) is 9.98 Å². The van der Waals surface area contributed by atoms with Crippen LogP contribution in [0.25, 0.3) is 10.9 Å². The largest absolute Gasteiger partial charge is 0.439 e. The van der Waals surface area contributed by atoms with Gasteiger partial charge in [-0.15, -0.1) is 4.59 Å². The van der Waals surface area contributed by atoms with E-state index in [1.54, 1.807) is 0 Å². The van der Waals surface area contributed by atoms with Gasteiger partial charge in [-0.25, -0.2) is 15.0 Å². The molecule has 0 spiro atoms. The zero-order chi connectivity index (χ0) is 24.9. The Kier molecular flexibility index (Phi) is 5.23. The van der Waals surface area contributed by atoms with E-state index >= 15 is 0 Å².